The third kappa shape index (κ3) is 15.4. The molecule has 3 heterocycles. The lowest BCUT2D eigenvalue weighted by Crippen LogP contribution is -2.38. The highest BCUT2D eigenvalue weighted by molar-refractivity contribution is 6.63. The Morgan fingerprint density at radius 2 is 1.21 bits per heavy atom. The van der Waals surface area contributed by atoms with Gasteiger partial charge in [0.1, 0.15) is 24.7 Å². The van der Waals surface area contributed by atoms with E-state index in [9.17, 15) is 35.9 Å². The van der Waals surface area contributed by atoms with Crippen LogP contribution in [-0.4, -0.2) is 76.8 Å². The minimum Gasteiger partial charge on any atom is -0.473 e. The van der Waals surface area contributed by atoms with Gasteiger partial charge in [-0.3, -0.25) is 9.59 Å². The first-order valence-electron chi connectivity index (χ1n) is 18.9. The predicted octanol–water partition coefficient (Wildman–Crippen LogP) is 11.1. The zero-order valence-corrected chi connectivity index (χ0v) is 35.8. The molecule has 0 bridgehead atoms. The molecule has 0 spiro atoms. The minimum atomic E-state index is -4.73. The standard InChI is InChI=1S/C21H19F3N2O4.C17H15F3N2O3.C4H6Cl2O.ClH/c1-13(26-10-2-3-19(26)27)12-28-20-17-11-15(6-9-18(17)30-25-20)14-4-7-16(8-5-14)29-21(22,23)24;1-10(21)9-23-16-14-8-12(4-7-15(14)25-22-16)11-2-5-13(6-3-11)24-17(18,19)20;5-3-1-2-4(6)7;/h4-9,11,13H,2-3,10,12H2,1H3;2-8,10H,9,21H2,1H3;1-3H2;1H/t13-;10-;;/m11../s1. The lowest BCUT2D eigenvalue weighted by molar-refractivity contribution is -0.275. The molecule has 0 radical (unpaired) electrons. The molecule has 0 saturated carbocycles. The van der Waals surface area contributed by atoms with Crippen molar-refractivity contribution < 1.29 is 63.9 Å². The Balaban J connectivity index is 0.000000240. The molecule has 2 N–H and O–H groups in total. The summed E-state index contributed by atoms with van der Waals surface area (Å²) in [6.45, 7) is 5.01. The molecule has 1 aliphatic heterocycles. The fraction of sp³-hybridized carbons (Fsp3) is 0.333. The van der Waals surface area contributed by atoms with Gasteiger partial charge in [-0.05, 0) is 119 Å². The summed E-state index contributed by atoms with van der Waals surface area (Å²) in [6, 6.07) is 21.5. The maximum Gasteiger partial charge on any atom is 0.573 e. The van der Waals surface area contributed by atoms with Gasteiger partial charge >= 0.3 is 12.7 Å². The van der Waals surface area contributed by atoms with Gasteiger partial charge in [0.15, 0.2) is 11.2 Å². The molecule has 1 aliphatic rings. The van der Waals surface area contributed by atoms with Crippen LogP contribution in [0.5, 0.6) is 23.3 Å². The first-order valence-corrected chi connectivity index (χ1v) is 19.9. The van der Waals surface area contributed by atoms with Gasteiger partial charge in [0.25, 0.3) is 11.8 Å². The van der Waals surface area contributed by atoms with Crippen LogP contribution in [0, 0.1) is 0 Å². The van der Waals surface area contributed by atoms with E-state index >= 15 is 0 Å². The number of hydrogen-bond acceptors (Lipinski definition) is 11. The summed E-state index contributed by atoms with van der Waals surface area (Å²) < 4.78 is 103. The van der Waals surface area contributed by atoms with Crippen molar-refractivity contribution in [3.05, 3.63) is 84.9 Å². The number of ether oxygens (including phenoxy) is 4. The number of aromatic nitrogens is 2. The molecule has 0 aliphatic carbocycles. The number of nitrogens with zero attached hydrogens (tertiary/aromatic N) is 3. The van der Waals surface area contributed by atoms with Crippen molar-refractivity contribution in [1.82, 2.24) is 15.2 Å². The number of likely N-dealkylation sites (tertiary alicyclic amines) is 1. The molecule has 12 nitrogen and oxygen atoms in total. The lowest BCUT2D eigenvalue weighted by atomic mass is 10.0. The molecule has 0 unspecified atom stereocenters. The van der Waals surface area contributed by atoms with Crippen LogP contribution >= 0.6 is 35.6 Å². The zero-order chi connectivity index (χ0) is 45.0. The number of nitrogens with two attached hydrogens (primary N) is 1. The number of carbonyl (C=O) groups excluding carboxylic acids is 2. The van der Waals surface area contributed by atoms with E-state index in [4.69, 9.17) is 47.5 Å². The van der Waals surface area contributed by atoms with E-state index in [0.29, 0.717) is 64.4 Å². The third-order valence-corrected chi connectivity index (χ3v) is 9.27. The largest absolute Gasteiger partial charge is 0.573 e. The van der Waals surface area contributed by atoms with E-state index in [2.05, 4.69) is 19.8 Å². The Hall–Kier alpha value is -5.43. The fourth-order valence-electron chi connectivity index (χ4n) is 5.94. The second-order valence-corrected chi connectivity index (χ2v) is 14.6. The van der Waals surface area contributed by atoms with Crippen molar-refractivity contribution in [1.29, 1.82) is 0 Å². The van der Waals surface area contributed by atoms with Crippen LogP contribution in [-0.2, 0) is 9.59 Å². The first-order chi connectivity index (χ1) is 29.4. The Labute approximate surface area is 372 Å². The number of alkyl halides is 7. The highest BCUT2D eigenvalue weighted by Crippen LogP contribution is 2.34. The molecule has 4 aromatic carbocycles. The average molecular weight is 950 g/mol. The molecule has 1 amide bonds. The van der Waals surface area contributed by atoms with E-state index in [0.717, 1.165) is 29.7 Å². The molecule has 63 heavy (non-hydrogen) atoms. The predicted molar refractivity (Wildman–Crippen MR) is 225 cm³/mol. The Morgan fingerprint density at radius 1 is 0.762 bits per heavy atom. The highest BCUT2D eigenvalue weighted by atomic mass is 35.5. The van der Waals surface area contributed by atoms with E-state index in [1.54, 1.807) is 48.2 Å². The summed E-state index contributed by atoms with van der Waals surface area (Å²) in [5.74, 6) is 0.707. The average Bonchev–Trinajstić information content (AvgIpc) is 3.96. The molecule has 2 atom stereocenters. The van der Waals surface area contributed by atoms with Gasteiger partial charge in [-0.15, -0.1) is 50.4 Å². The number of halogens is 9. The van der Waals surface area contributed by atoms with E-state index in [1.807, 2.05) is 6.92 Å². The number of carbonyl (C=O) groups is 2. The maximum atomic E-state index is 12.3. The Morgan fingerprint density at radius 3 is 1.57 bits per heavy atom. The molecule has 21 heteroatoms. The summed E-state index contributed by atoms with van der Waals surface area (Å²) in [7, 11) is 0. The molecular formula is C42H41Cl3F6N4O8. The van der Waals surface area contributed by atoms with Crippen molar-refractivity contribution in [2.24, 2.45) is 5.73 Å². The summed E-state index contributed by atoms with van der Waals surface area (Å²) in [6.07, 6.45) is -6.95. The maximum absolute atomic E-state index is 12.3. The monoisotopic (exact) mass is 948 g/mol. The fourth-order valence-corrected chi connectivity index (χ4v) is 6.21. The molecule has 340 valence electrons. The zero-order valence-electron chi connectivity index (χ0n) is 33.5. The number of rotatable bonds is 14. The summed E-state index contributed by atoms with van der Waals surface area (Å²) in [5, 5.41) is 8.81. The van der Waals surface area contributed by atoms with E-state index in [1.165, 1.54) is 48.5 Å². The lowest BCUT2D eigenvalue weighted by Gasteiger charge is -2.23. The van der Waals surface area contributed by atoms with Gasteiger partial charge in [-0.1, -0.05) is 36.4 Å². The third-order valence-electron chi connectivity index (χ3n) is 8.81. The smallest absolute Gasteiger partial charge is 0.473 e. The quantitative estimate of drug-likeness (QED) is 0.0631. The van der Waals surface area contributed by atoms with E-state index in [-0.39, 0.29) is 60.4 Å². The van der Waals surface area contributed by atoms with Crippen molar-refractivity contribution in [3.8, 4) is 45.5 Å². The molecule has 1 fully saturated rings. The van der Waals surface area contributed by atoms with Gasteiger partial charge in [0.05, 0.1) is 16.8 Å². The molecule has 2 aromatic heterocycles. The number of hydrogen-bond donors (Lipinski definition) is 1. The van der Waals surface area contributed by atoms with Crippen LogP contribution in [0.3, 0.4) is 0 Å². The van der Waals surface area contributed by atoms with E-state index < -0.39 is 12.7 Å². The van der Waals surface area contributed by atoms with Crippen LogP contribution in [0.25, 0.3) is 44.2 Å². The Bertz CT molecular complexity index is 2390. The summed E-state index contributed by atoms with van der Waals surface area (Å²) in [5.41, 5.74) is 9.68. The van der Waals surface area contributed by atoms with Crippen molar-refractivity contribution in [2.45, 2.75) is 64.3 Å². The Kier molecular flexibility index (Phi) is 18.2. The summed E-state index contributed by atoms with van der Waals surface area (Å²) in [4.78, 5) is 23.6. The first kappa shape index (κ1) is 50.2. The van der Waals surface area contributed by atoms with Crippen molar-refractivity contribution >= 4 is 68.7 Å². The van der Waals surface area contributed by atoms with Gasteiger partial charge in [-0.25, -0.2) is 0 Å². The van der Waals surface area contributed by atoms with Crippen molar-refractivity contribution in [3.63, 3.8) is 0 Å². The van der Waals surface area contributed by atoms with Gasteiger partial charge in [0, 0.05) is 31.3 Å². The van der Waals surface area contributed by atoms with Gasteiger partial charge in [0.2, 0.25) is 11.1 Å². The molecule has 6 aromatic rings. The van der Waals surface area contributed by atoms with Crippen LogP contribution in [0.15, 0.2) is 94.0 Å². The van der Waals surface area contributed by atoms with Crippen LogP contribution < -0.4 is 24.7 Å². The minimum absolute atomic E-state index is 0. The van der Waals surface area contributed by atoms with Gasteiger partial charge < -0.3 is 38.6 Å². The number of fused-ring (bicyclic) bond motifs is 2. The molecular weight excluding hydrogens is 909 g/mol. The number of benzene rings is 4. The van der Waals surface area contributed by atoms with Crippen LogP contribution in [0.2, 0.25) is 0 Å². The SMILES string of the molecule is C[C@@H](N)COc1noc2ccc(-c3ccc(OC(F)(F)F)cc3)cc12.C[C@H](COc1noc2ccc(-c3ccc(OC(F)(F)F)cc3)cc12)N1CCCC1=O.Cl.O=C(Cl)CCCCl. The van der Waals surface area contributed by atoms with Crippen LogP contribution in [0.4, 0.5) is 26.3 Å². The second kappa shape index (κ2) is 22.8. The second-order valence-electron chi connectivity index (χ2n) is 13.8. The van der Waals surface area contributed by atoms with Crippen LogP contribution in [0.1, 0.15) is 39.5 Å². The van der Waals surface area contributed by atoms with Gasteiger partial charge in [-0.2, -0.15) is 0 Å². The number of amides is 1. The van der Waals surface area contributed by atoms with Crippen molar-refractivity contribution in [2.75, 3.05) is 25.6 Å². The molecule has 1 saturated heterocycles. The molecule has 7 rings (SSSR count). The topological polar surface area (TPSA) is 152 Å². The normalized spacial score (nSPS) is 13.6. The summed E-state index contributed by atoms with van der Waals surface area (Å²) >= 11 is 10.2. The highest BCUT2D eigenvalue weighted by Gasteiger charge is 2.32.